The van der Waals surface area contributed by atoms with E-state index in [0.717, 1.165) is 11.5 Å². The van der Waals surface area contributed by atoms with Crippen molar-refractivity contribution in [2.24, 2.45) is 0 Å². The van der Waals surface area contributed by atoms with Crippen molar-refractivity contribution in [3.05, 3.63) is 106 Å². The number of benzene rings is 2. The molecule has 0 aliphatic heterocycles. The molecule has 2 aliphatic rings. The Morgan fingerprint density at radius 3 is 1.26 bits per heavy atom. The Morgan fingerprint density at radius 1 is 0.548 bits per heavy atom. The summed E-state index contributed by atoms with van der Waals surface area (Å²) in [6.07, 6.45) is 17.6. The van der Waals surface area contributed by atoms with Crippen LogP contribution in [0.5, 0.6) is 11.5 Å². The molecule has 2 aromatic rings. The Labute approximate surface area is 192 Å². The van der Waals surface area contributed by atoms with E-state index in [1.807, 2.05) is 0 Å². The average molecular weight is 492 g/mol. The first-order valence-corrected chi connectivity index (χ1v) is 15.9. The van der Waals surface area contributed by atoms with Gasteiger partial charge in [0.05, 0.1) is 0 Å². The molecule has 0 bridgehead atoms. The van der Waals surface area contributed by atoms with Gasteiger partial charge < -0.3 is 0 Å². The number of allylic oxidation sites excluding steroid dienone is 8. The third kappa shape index (κ3) is 4.30. The SMILES string of the molecule is Cc1cc(C)c(C)c([O][Zr]([O]c2cc(C)cc(C)c2C)([CH]2C=CC=C2)[CH]2C=CC=C2)c1. The van der Waals surface area contributed by atoms with Crippen LogP contribution in [0.2, 0.25) is 7.25 Å². The number of hydrogen-bond donors (Lipinski definition) is 0. The van der Waals surface area contributed by atoms with Gasteiger partial charge in [-0.15, -0.1) is 0 Å². The van der Waals surface area contributed by atoms with Gasteiger partial charge in [-0.2, -0.15) is 0 Å². The zero-order valence-corrected chi connectivity index (χ0v) is 21.9. The molecular weight excluding hydrogens is 460 g/mol. The summed E-state index contributed by atoms with van der Waals surface area (Å²) in [6, 6.07) is 8.80. The van der Waals surface area contributed by atoms with Crippen LogP contribution in [0.1, 0.15) is 33.4 Å². The maximum absolute atomic E-state index is 7.18. The molecule has 2 aromatic carbocycles. The molecule has 0 N–H and O–H groups in total. The minimum atomic E-state index is -3.93. The van der Waals surface area contributed by atoms with E-state index in [0.29, 0.717) is 0 Å². The topological polar surface area (TPSA) is 18.5 Å². The normalized spacial score (nSPS) is 15.9. The first-order valence-electron chi connectivity index (χ1n) is 11.0. The molecule has 0 heterocycles. The second-order valence-electron chi connectivity index (χ2n) is 8.93. The molecule has 4 rings (SSSR count). The minimum absolute atomic E-state index is 0.187. The van der Waals surface area contributed by atoms with Gasteiger partial charge in [0.15, 0.2) is 0 Å². The van der Waals surface area contributed by atoms with E-state index in [1.165, 1.54) is 33.4 Å². The first kappa shape index (κ1) is 22.1. The molecular formula is C28H32O2Zr. The Kier molecular flexibility index (Phi) is 6.26. The second-order valence-corrected chi connectivity index (χ2v) is 16.8. The van der Waals surface area contributed by atoms with Crippen molar-refractivity contribution >= 4 is 0 Å². The van der Waals surface area contributed by atoms with Crippen LogP contribution in [0.4, 0.5) is 0 Å². The molecule has 0 unspecified atom stereocenters. The fraction of sp³-hybridized carbons (Fsp3) is 0.286. The Balaban J connectivity index is 1.89. The van der Waals surface area contributed by atoms with Crippen molar-refractivity contribution in [3.63, 3.8) is 0 Å². The summed E-state index contributed by atoms with van der Waals surface area (Å²) >= 11 is -3.93. The van der Waals surface area contributed by atoms with E-state index in [4.69, 9.17) is 5.63 Å². The molecule has 0 atom stereocenters. The van der Waals surface area contributed by atoms with Gasteiger partial charge in [0, 0.05) is 0 Å². The number of hydrogen-bond acceptors (Lipinski definition) is 2. The monoisotopic (exact) mass is 490 g/mol. The third-order valence-electron chi connectivity index (χ3n) is 6.49. The van der Waals surface area contributed by atoms with E-state index < -0.39 is 21.1 Å². The van der Waals surface area contributed by atoms with Crippen LogP contribution >= 0.6 is 0 Å². The van der Waals surface area contributed by atoms with E-state index in [-0.39, 0.29) is 7.25 Å². The standard InChI is InChI=1S/2C9H12O.2C5H5.Zr/c2*1-6-4-7(2)8(3)9(10)5-6;2*1-2-4-5-3-1;/h2*4-5,10H,1-3H3;2*1-5H;/q;;;;+2/p-2. The quantitative estimate of drug-likeness (QED) is 0.410. The van der Waals surface area contributed by atoms with Gasteiger partial charge >= 0.3 is 193 Å². The predicted molar refractivity (Wildman–Crippen MR) is 127 cm³/mol. The molecule has 0 radical (unpaired) electrons. The molecule has 0 spiro atoms. The molecule has 0 aromatic heterocycles. The fourth-order valence-corrected chi connectivity index (χ4v) is 13.5. The van der Waals surface area contributed by atoms with Gasteiger partial charge in [-0.3, -0.25) is 0 Å². The summed E-state index contributed by atoms with van der Waals surface area (Å²) in [5.74, 6) is 1.94. The average Bonchev–Trinajstić information content (AvgIpc) is 3.43. The van der Waals surface area contributed by atoms with Crippen molar-refractivity contribution in [1.29, 1.82) is 0 Å². The zero-order chi connectivity index (χ0) is 22.2. The summed E-state index contributed by atoms with van der Waals surface area (Å²) in [6.45, 7) is 12.9. The maximum atomic E-state index is 7.18. The van der Waals surface area contributed by atoms with Crippen molar-refractivity contribution in [2.45, 2.75) is 48.8 Å². The van der Waals surface area contributed by atoms with Crippen molar-refractivity contribution in [1.82, 2.24) is 0 Å². The zero-order valence-electron chi connectivity index (χ0n) is 19.4. The van der Waals surface area contributed by atoms with Gasteiger partial charge in [0.2, 0.25) is 0 Å². The van der Waals surface area contributed by atoms with Crippen LogP contribution < -0.4 is 5.63 Å². The van der Waals surface area contributed by atoms with Crippen molar-refractivity contribution in [3.8, 4) is 11.5 Å². The van der Waals surface area contributed by atoms with Gasteiger partial charge in [0.25, 0.3) is 0 Å². The molecule has 2 aliphatic carbocycles. The summed E-state index contributed by atoms with van der Waals surface area (Å²) in [4.78, 5) is 0. The molecule has 0 saturated heterocycles. The molecule has 0 amide bonds. The summed E-state index contributed by atoms with van der Waals surface area (Å²) in [5.41, 5.74) is 7.35. The van der Waals surface area contributed by atoms with E-state index >= 15 is 0 Å². The Morgan fingerprint density at radius 2 is 0.903 bits per heavy atom. The van der Waals surface area contributed by atoms with E-state index in [9.17, 15) is 0 Å². The first-order chi connectivity index (χ1) is 14.8. The van der Waals surface area contributed by atoms with E-state index in [1.54, 1.807) is 0 Å². The molecule has 3 heteroatoms. The molecule has 0 fully saturated rings. The number of aryl methyl sites for hydroxylation is 4. The fourth-order valence-electron chi connectivity index (χ4n) is 4.47. The number of rotatable bonds is 6. The Bertz CT molecular complexity index is 1010. The molecule has 160 valence electrons. The third-order valence-corrected chi connectivity index (χ3v) is 15.6. The summed E-state index contributed by atoms with van der Waals surface area (Å²) in [5, 5.41) is 0. The molecule has 31 heavy (non-hydrogen) atoms. The van der Waals surface area contributed by atoms with Gasteiger partial charge in [-0.1, -0.05) is 0 Å². The van der Waals surface area contributed by atoms with Crippen LogP contribution in [0.3, 0.4) is 0 Å². The van der Waals surface area contributed by atoms with Crippen LogP contribution in [0.15, 0.2) is 72.9 Å². The predicted octanol–water partition coefficient (Wildman–Crippen LogP) is 7.81. The second kappa shape index (κ2) is 8.79. The van der Waals surface area contributed by atoms with E-state index in [2.05, 4.69) is 114 Å². The molecule has 2 nitrogen and oxygen atoms in total. The van der Waals surface area contributed by atoms with Crippen molar-refractivity contribution in [2.75, 3.05) is 0 Å². The van der Waals surface area contributed by atoms with Gasteiger partial charge in [-0.25, -0.2) is 0 Å². The van der Waals surface area contributed by atoms with Gasteiger partial charge in [0.1, 0.15) is 0 Å². The summed E-state index contributed by atoms with van der Waals surface area (Å²) < 4.78 is 14.7. The Hall–Kier alpha value is -2.12. The summed E-state index contributed by atoms with van der Waals surface area (Å²) in [7, 11) is 0. The van der Waals surface area contributed by atoms with Crippen LogP contribution in [-0.4, -0.2) is 0 Å². The molecule has 0 saturated carbocycles. The van der Waals surface area contributed by atoms with Crippen LogP contribution in [0, 0.1) is 41.5 Å². The van der Waals surface area contributed by atoms with Crippen molar-refractivity contribution < 1.29 is 26.8 Å². The van der Waals surface area contributed by atoms with Crippen LogP contribution in [0.25, 0.3) is 0 Å². The van der Waals surface area contributed by atoms with Gasteiger partial charge in [-0.05, 0) is 0 Å². The van der Waals surface area contributed by atoms with Crippen LogP contribution in [-0.2, 0) is 21.1 Å².